The molecule has 0 radical (unpaired) electrons. The van der Waals surface area contributed by atoms with Crippen LogP contribution < -0.4 is 4.72 Å². The summed E-state index contributed by atoms with van der Waals surface area (Å²) in [5.41, 5.74) is 3.96. The first-order valence-electron chi connectivity index (χ1n) is 7.47. The molecular weight excluding hydrogens is 338 g/mol. The van der Waals surface area contributed by atoms with E-state index >= 15 is 0 Å². The smallest absolute Gasteiger partial charge is 0.208 e. The highest BCUT2D eigenvalue weighted by Crippen LogP contribution is 2.25. The third-order valence-electron chi connectivity index (χ3n) is 3.55. The largest absolute Gasteiger partial charge is 0.234 e. The van der Waals surface area contributed by atoms with E-state index in [2.05, 4.69) is 10.1 Å². The zero-order chi connectivity index (χ0) is 16.8. The molecule has 0 unspecified atom stereocenters. The molecule has 0 saturated carbocycles. The number of thiophene rings is 1. The Hall–Kier alpha value is -2.21. The van der Waals surface area contributed by atoms with Crippen molar-refractivity contribution in [1.29, 1.82) is 0 Å². The van der Waals surface area contributed by atoms with Crippen molar-refractivity contribution >= 4 is 27.4 Å². The normalized spacial score (nSPS) is 11.8. The number of hydrogen-bond donors (Lipinski definition) is 1. The lowest BCUT2D eigenvalue weighted by molar-refractivity contribution is 0.591. The fourth-order valence-electron chi connectivity index (χ4n) is 2.33. The van der Waals surface area contributed by atoms with Crippen molar-refractivity contribution in [3.05, 3.63) is 88.0 Å². The molecular formula is C19H17NO2S2. The van der Waals surface area contributed by atoms with Gasteiger partial charge >= 0.3 is 0 Å². The topological polar surface area (TPSA) is 46.2 Å². The number of benzene rings is 2. The second-order valence-electron chi connectivity index (χ2n) is 5.25. The Morgan fingerprint density at radius 2 is 1.71 bits per heavy atom. The summed E-state index contributed by atoms with van der Waals surface area (Å²) >= 11 is 1.62. The molecule has 0 amide bonds. The highest BCUT2D eigenvalue weighted by molar-refractivity contribution is 7.92. The molecule has 3 nitrogen and oxygen atoms in total. The lowest BCUT2D eigenvalue weighted by Gasteiger charge is -2.09. The van der Waals surface area contributed by atoms with E-state index in [9.17, 15) is 8.42 Å². The van der Waals surface area contributed by atoms with Gasteiger partial charge in [0.2, 0.25) is 10.0 Å². The maximum atomic E-state index is 12.2. The molecule has 1 aromatic heterocycles. The van der Waals surface area contributed by atoms with Crippen LogP contribution in [0.5, 0.6) is 0 Å². The molecule has 0 aliphatic rings. The van der Waals surface area contributed by atoms with E-state index in [0.29, 0.717) is 0 Å². The van der Waals surface area contributed by atoms with Crippen molar-refractivity contribution in [3.8, 4) is 11.1 Å². The van der Waals surface area contributed by atoms with Gasteiger partial charge in [-0.05, 0) is 45.2 Å². The summed E-state index contributed by atoms with van der Waals surface area (Å²) in [5.74, 6) is 0. The monoisotopic (exact) mass is 355 g/mol. The van der Waals surface area contributed by atoms with Crippen molar-refractivity contribution in [2.45, 2.75) is 6.54 Å². The Kier molecular flexibility index (Phi) is 5.25. The summed E-state index contributed by atoms with van der Waals surface area (Å²) < 4.78 is 27.0. The summed E-state index contributed by atoms with van der Waals surface area (Å²) in [6.45, 7) is 0.257. The quantitative estimate of drug-likeness (QED) is 0.707. The summed E-state index contributed by atoms with van der Waals surface area (Å²) in [4.78, 5) is 0. The molecule has 0 fully saturated rings. The number of sulfonamides is 1. The van der Waals surface area contributed by atoms with Crippen molar-refractivity contribution in [2.75, 3.05) is 0 Å². The first-order valence-corrected chi connectivity index (χ1v) is 9.96. The molecule has 0 spiro atoms. The van der Waals surface area contributed by atoms with Crippen LogP contribution in [-0.2, 0) is 16.6 Å². The average molecular weight is 355 g/mol. The second kappa shape index (κ2) is 7.57. The standard InChI is InChI=1S/C19H17NO2S2/c21-24(22,13-11-16-6-2-1-3-7-16)20-14-17-8-4-5-9-19(17)18-10-12-23-15-18/h1-13,15,20H,14H2. The van der Waals surface area contributed by atoms with Gasteiger partial charge < -0.3 is 0 Å². The van der Waals surface area contributed by atoms with Gasteiger partial charge in [-0.15, -0.1) is 0 Å². The minimum absolute atomic E-state index is 0.257. The third kappa shape index (κ3) is 4.41. The van der Waals surface area contributed by atoms with Crippen LogP contribution in [-0.4, -0.2) is 8.42 Å². The molecule has 3 rings (SSSR count). The molecule has 1 N–H and O–H groups in total. The van der Waals surface area contributed by atoms with Crippen LogP contribution in [0.1, 0.15) is 11.1 Å². The molecule has 0 atom stereocenters. The van der Waals surface area contributed by atoms with E-state index < -0.39 is 10.0 Å². The minimum atomic E-state index is -3.49. The Labute approximate surface area is 146 Å². The molecule has 1 heterocycles. The maximum absolute atomic E-state index is 12.2. The average Bonchev–Trinajstić information content (AvgIpc) is 3.14. The Balaban J connectivity index is 1.73. The van der Waals surface area contributed by atoms with Crippen LogP contribution in [0.2, 0.25) is 0 Å². The van der Waals surface area contributed by atoms with Gasteiger partial charge in [-0.25, -0.2) is 13.1 Å². The number of nitrogens with one attached hydrogen (secondary N) is 1. The van der Waals surface area contributed by atoms with E-state index in [1.807, 2.05) is 66.0 Å². The molecule has 5 heteroatoms. The Morgan fingerprint density at radius 1 is 0.958 bits per heavy atom. The second-order valence-corrected chi connectivity index (χ2v) is 7.68. The van der Waals surface area contributed by atoms with Gasteiger partial charge in [0.05, 0.1) is 0 Å². The minimum Gasteiger partial charge on any atom is -0.208 e. The van der Waals surface area contributed by atoms with Gasteiger partial charge in [-0.3, -0.25) is 0 Å². The first-order chi connectivity index (χ1) is 11.6. The van der Waals surface area contributed by atoms with Crippen LogP contribution >= 0.6 is 11.3 Å². The summed E-state index contributed by atoms with van der Waals surface area (Å²) in [6, 6.07) is 19.2. The fraction of sp³-hybridized carbons (Fsp3) is 0.0526. The Morgan fingerprint density at radius 3 is 2.46 bits per heavy atom. The highest BCUT2D eigenvalue weighted by Gasteiger charge is 2.09. The fourth-order valence-corrected chi connectivity index (χ4v) is 3.78. The summed E-state index contributed by atoms with van der Waals surface area (Å²) in [7, 11) is -3.49. The summed E-state index contributed by atoms with van der Waals surface area (Å²) in [6.07, 6.45) is 1.59. The van der Waals surface area contributed by atoms with Crippen LogP contribution in [0.4, 0.5) is 0 Å². The van der Waals surface area contributed by atoms with E-state index in [1.54, 1.807) is 17.4 Å². The van der Waals surface area contributed by atoms with E-state index in [1.165, 1.54) is 5.41 Å². The highest BCUT2D eigenvalue weighted by atomic mass is 32.2. The van der Waals surface area contributed by atoms with Crippen molar-refractivity contribution in [2.24, 2.45) is 0 Å². The van der Waals surface area contributed by atoms with E-state index in [4.69, 9.17) is 0 Å². The van der Waals surface area contributed by atoms with E-state index in [0.717, 1.165) is 22.3 Å². The third-order valence-corrected chi connectivity index (χ3v) is 5.28. The molecule has 0 saturated heterocycles. The van der Waals surface area contributed by atoms with Gasteiger partial charge in [0.15, 0.2) is 0 Å². The van der Waals surface area contributed by atoms with Gasteiger partial charge in [0.25, 0.3) is 0 Å². The predicted molar refractivity (Wildman–Crippen MR) is 101 cm³/mol. The zero-order valence-electron chi connectivity index (χ0n) is 12.9. The maximum Gasteiger partial charge on any atom is 0.234 e. The lowest BCUT2D eigenvalue weighted by atomic mass is 10.0. The number of hydrogen-bond acceptors (Lipinski definition) is 3. The van der Waals surface area contributed by atoms with Gasteiger partial charge in [-0.1, -0.05) is 54.6 Å². The Bertz CT molecular complexity index is 915. The van der Waals surface area contributed by atoms with E-state index in [-0.39, 0.29) is 6.54 Å². The van der Waals surface area contributed by atoms with Crippen molar-refractivity contribution < 1.29 is 8.42 Å². The molecule has 0 bridgehead atoms. The van der Waals surface area contributed by atoms with Crippen LogP contribution in [0, 0.1) is 0 Å². The van der Waals surface area contributed by atoms with Crippen LogP contribution in [0.3, 0.4) is 0 Å². The summed E-state index contributed by atoms with van der Waals surface area (Å²) in [5, 5.41) is 5.27. The van der Waals surface area contributed by atoms with Crippen molar-refractivity contribution in [3.63, 3.8) is 0 Å². The molecule has 2 aromatic carbocycles. The zero-order valence-corrected chi connectivity index (χ0v) is 14.6. The van der Waals surface area contributed by atoms with Crippen LogP contribution in [0.15, 0.2) is 76.8 Å². The van der Waals surface area contributed by atoms with Crippen molar-refractivity contribution in [1.82, 2.24) is 4.72 Å². The molecule has 0 aliphatic heterocycles. The molecule has 24 heavy (non-hydrogen) atoms. The van der Waals surface area contributed by atoms with Gasteiger partial charge in [0, 0.05) is 12.0 Å². The van der Waals surface area contributed by atoms with Gasteiger partial charge in [-0.2, -0.15) is 11.3 Å². The predicted octanol–water partition coefficient (Wildman–Crippen LogP) is 4.51. The van der Waals surface area contributed by atoms with Gasteiger partial charge in [0.1, 0.15) is 0 Å². The SMILES string of the molecule is O=S(=O)(C=Cc1ccccc1)NCc1ccccc1-c1ccsc1. The lowest BCUT2D eigenvalue weighted by Crippen LogP contribution is -2.20. The molecule has 3 aromatic rings. The number of rotatable bonds is 6. The molecule has 0 aliphatic carbocycles. The molecule has 122 valence electrons. The first kappa shape index (κ1) is 16.6. The van der Waals surface area contributed by atoms with Crippen LogP contribution in [0.25, 0.3) is 17.2 Å².